The number of hydrogen-bond donors (Lipinski definition) is 0. The quantitative estimate of drug-likeness (QED) is 0.559. The van der Waals surface area contributed by atoms with Crippen LogP contribution in [0.1, 0.15) is 12.8 Å². The smallest absolute Gasteiger partial charge is 0.159 e. The predicted molar refractivity (Wildman–Crippen MR) is 55.2 cm³/mol. The van der Waals surface area contributed by atoms with Crippen LogP contribution in [0.25, 0.3) is 0 Å². The van der Waals surface area contributed by atoms with Crippen LogP contribution in [0, 0.1) is 23.7 Å². The number of rotatable bonds is 0. The molecule has 2 nitrogen and oxygen atoms in total. The van der Waals surface area contributed by atoms with Crippen molar-refractivity contribution < 1.29 is 9.53 Å². The fourth-order valence-corrected chi connectivity index (χ4v) is 4.05. The molecule has 1 saturated heterocycles. The molecule has 1 spiro atoms. The Labute approximate surface area is 89.0 Å². The minimum atomic E-state index is -0.0667. The Morgan fingerprint density at radius 1 is 1.33 bits per heavy atom. The average Bonchev–Trinajstić information content (AvgIpc) is 2.76. The van der Waals surface area contributed by atoms with Crippen molar-refractivity contribution in [2.75, 3.05) is 6.61 Å². The van der Waals surface area contributed by atoms with Gasteiger partial charge in [-0.25, -0.2) is 0 Å². The van der Waals surface area contributed by atoms with E-state index in [1.807, 2.05) is 6.08 Å². The van der Waals surface area contributed by atoms with Crippen LogP contribution in [0.4, 0.5) is 0 Å². The molecule has 0 aromatic carbocycles. The van der Waals surface area contributed by atoms with Crippen LogP contribution >= 0.6 is 0 Å². The number of ether oxygens (including phenoxy) is 1. The third-order valence-electron chi connectivity index (χ3n) is 4.75. The molecule has 15 heavy (non-hydrogen) atoms. The third kappa shape index (κ3) is 0.832. The number of hydrogen-bond acceptors (Lipinski definition) is 2. The highest BCUT2D eigenvalue weighted by molar-refractivity contribution is 5.94. The minimum Gasteiger partial charge on any atom is -0.370 e. The van der Waals surface area contributed by atoms with Crippen LogP contribution in [0.15, 0.2) is 24.3 Å². The molecular formula is C13H14O2. The zero-order valence-corrected chi connectivity index (χ0v) is 8.56. The second-order valence-electron chi connectivity index (χ2n) is 5.29. The molecule has 0 radical (unpaired) electrons. The second-order valence-corrected chi connectivity index (χ2v) is 5.29. The molecule has 4 rings (SSSR count). The molecule has 1 saturated carbocycles. The van der Waals surface area contributed by atoms with Gasteiger partial charge < -0.3 is 4.74 Å². The summed E-state index contributed by atoms with van der Waals surface area (Å²) in [5.41, 5.74) is -0.0667. The fourth-order valence-electron chi connectivity index (χ4n) is 4.05. The molecule has 0 aromatic rings. The molecule has 2 heteroatoms. The molecule has 3 aliphatic carbocycles. The maximum absolute atomic E-state index is 11.9. The highest BCUT2D eigenvalue weighted by atomic mass is 16.5. The van der Waals surface area contributed by atoms with E-state index in [0.29, 0.717) is 23.5 Å². The number of allylic oxidation sites excluding steroid dienone is 3. The Balaban J connectivity index is 1.84. The van der Waals surface area contributed by atoms with E-state index in [0.717, 1.165) is 13.0 Å². The van der Waals surface area contributed by atoms with Crippen molar-refractivity contribution in [3.63, 3.8) is 0 Å². The van der Waals surface area contributed by atoms with E-state index in [1.54, 1.807) is 6.08 Å². The van der Waals surface area contributed by atoms with Crippen molar-refractivity contribution in [2.45, 2.75) is 18.4 Å². The molecule has 4 aliphatic rings. The summed E-state index contributed by atoms with van der Waals surface area (Å²) in [6, 6.07) is 0. The summed E-state index contributed by atoms with van der Waals surface area (Å²) in [6.07, 6.45) is 10.6. The zero-order valence-electron chi connectivity index (χ0n) is 8.56. The van der Waals surface area contributed by atoms with Gasteiger partial charge in [0, 0.05) is 18.3 Å². The first-order chi connectivity index (χ1) is 7.30. The van der Waals surface area contributed by atoms with Gasteiger partial charge in [-0.2, -0.15) is 0 Å². The van der Waals surface area contributed by atoms with Crippen LogP contribution in [0.3, 0.4) is 0 Å². The van der Waals surface area contributed by atoms with E-state index in [4.69, 9.17) is 4.74 Å². The summed E-state index contributed by atoms with van der Waals surface area (Å²) in [4.78, 5) is 11.9. The van der Waals surface area contributed by atoms with Gasteiger partial charge in [0.1, 0.15) is 0 Å². The first-order valence-electron chi connectivity index (χ1n) is 5.86. The van der Waals surface area contributed by atoms with Gasteiger partial charge >= 0.3 is 0 Å². The van der Waals surface area contributed by atoms with Gasteiger partial charge in [0.2, 0.25) is 0 Å². The molecule has 2 bridgehead atoms. The third-order valence-corrected chi connectivity index (χ3v) is 4.75. The minimum absolute atomic E-state index is 0.0667. The van der Waals surface area contributed by atoms with E-state index < -0.39 is 0 Å². The molecule has 0 amide bonds. The molecule has 2 fully saturated rings. The first-order valence-corrected chi connectivity index (χ1v) is 5.86. The topological polar surface area (TPSA) is 26.3 Å². The fraction of sp³-hybridized carbons (Fsp3) is 0.615. The SMILES string of the molecule is O=C1C=C[C@]2(CCO2)[C@H]2C3C=CC(C3)[C@@H]12. The molecule has 1 heterocycles. The predicted octanol–water partition coefficient (Wildman–Crippen LogP) is 1.72. The van der Waals surface area contributed by atoms with Crippen molar-refractivity contribution in [1.82, 2.24) is 0 Å². The van der Waals surface area contributed by atoms with Crippen molar-refractivity contribution in [2.24, 2.45) is 23.7 Å². The monoisotopic (exact) mass is 202 g/mol. The zero-order chi connectivity index (χ0) is 10.0. The van der Waals surface area contributed by atoms with E-state index in [-0.39, 0.29) is 11.5 Å². The Kier molecular flexibility index (Phi) is 1.34. The molecule has 78 valence electrons. The Bertz CT molecular complexity index is 389. The number of ketones is 1. The van der Waals surface area contributed by atoms with Crippen LogP contribution in [-0.2, 0) is 9.53 Å². The first kappa shape index (κ1) is 8.28. The van der Waals surface area contributed by atoms with Gasteiger partial charge in [-0.3, -0.25) is 4.79 Å². The Hall–Kier alpha value is -0.890. The van der Waals surface area contributed by atoms with Crippen molar-refractivity contribution in [3.8, 4) is 0 Å². The second kappa shape index (κ2) is 2.43. The Morgan fingerprint density at radius 2 is 2.13 bits per heavy atom. The standard InChI is InChI=1S/C13H14O2/c14-10-3-4-13(5-6-15-13)12-9-2-1-8(7-9)11(10)12/h1-4,8-9,11-12H,5-7H2/t8?,9?,11-,12-,13-/m0/s1. The molecule has 1 aliphatic heterocycles. The highest BCUT2D eigenvalue weighted by Gasteiger charge is 2.60. The maximum atomic E-state index is 11.9. The van der Waals surface area contributed by atoms with E-state index in [2.05, 4.69) is 12.2 Å². The summed E-state index contributed by atoms with van der Waals surface area (Å²) in [5, 5.41) is 0. The number of carbonyl (C=O) groups excluding carboxylic acids is 1. The van der Waals surface area contributed by atoms with Crippen LogP contribution < -0.4 is 0 Å². The highest BCUT2D eigenvalue weighted by Crippen LogP contribution is 2.58. The van der Waals surface area contributed by atoms with E-state index >= 15 is 0 Å². The lowest BCUT2D eigenvalue weighted by molar-refractivity contribution is -0.170. The summed E-state index contributed by atoms with van der Waals surface area (Å²) >= 11 is 0. The number of fused-ring (bicyclic) bond motifs is 6. The maximum Gasteiger partial charge on any atom is 0.159 e. The Morgan fingerprint density at radius 3 is 2.87 bits per heavy atom. The molecular weight excluding hydrogens is 188 g/mol. The molecule has 5 atom stereocenters. The average molecular weight is 202 g/mol. The lowest BCUT2D eigenvalue weighted by Gasteiger charge is -2.50. The van der Waals surface area contributed by atoms with Gasteiger partial charge in [0.05, 0.1) is 12.2 Å². The van der Waals surface area contributed by atoms with Crippen LogP contribution in [-0.4, -0.2) is 18.0 Å². The normalized spacial score (nSPS) is 54.8. The summed E-state index contributed by atoms with van der Waals surface area (Å²) in [7, 11) is 0. The summed E-state index contributed by atoms with van der Waals surface area (Å²) < 4.78 is 5.80. The van der Waals surface area contributed by atoms with Crippen molar-refractivity contribution >= 4 is 5.78 Å². The van der Waals surface area contributed by atoms with Crippen LogP contribution in [0.2, 0.25) is 0 Å². The van der Waals surface area contributed by atoms with Crippen molar-refractivity contribution in [3.05, 3.63) is 24.3 Å². The number of carbonyl (C=O) groups is 1. The van der Waals surface area contributed by atoms with Gasteiger partial charge in [0.25, 0.3) is 0 Å². The largest absolute Gasteiger partial charge is 0.370 e. The van der Waals surface area contributed by atoms with Gasteiger partial charge in [-0.05, 0) is 30.4 Å². The van der Waals surface area contributed by atoms with Gasteiger partial charge in [-0.15, -0.1) is 0 Å². The van der Waals surface area contributed by atoms with E-state index in [1.165, 1.54) is 6.42 Å². The van der Waals surface area contributed by atoms with Gasteiger partial charge in [-0.1, -0.05) is 12.2 Å². The summed E-state index contributed by atoms with van der Waals surface area (Å²) in [5.74, 6) is 2.09. The van der Waals surface area contributed by atoms with E-state index in [9.17, 15) is 4.79 Å². The lowest BCUT2D eigenvalue weighted by atomic mass is 9.64. The van der Waals surface area contributed by atoms with Crippen LogP contribution in [0.5, 0.6) is 0 Å². The summed E-state index contributed by atoms with van der Waals surface area (Å²) in [6.45, 7) is 0.864. The molecule has 0 N–H and O–H groups in total. The lowest BCUT2D eigenvalue weighted by Crippen LogP contribution is -2.55. The van der Waals surface area contributed by atoms with Gasteiger partial charge in [0.15, 0.2) is 5.78 Å². The van der Waals surface area contributed by atoms with Crippen molar-refractivity contribution in [1.29, 1.82) is 0 Å². The molecule has 0 aromatic heterocycles. The molecule has 2 unspecified atom stereocenters.